The predicted molar refractivity (Wildman–Crippen MR) is 89.0 cm³/mol. The molecule has 4 heteroatoms. The Labute approximate surface area is 132 Å². The van der Waals surface area contributed by atoms with Crippen molar-refractivity contribution in [2.45, 2.75) is 38.1 Å². The fraction of sp³-hybridized carbons (Fsp3) is 0.588. The number of anilines is 1. The van der Waals surface area contributed by atoms with Gasteiger partial charge in [0.2, 0.25) is 0 Å². The van der Waals surface area contributed by atoms with Crippen LogP contribution >= 0.6 is 11.6 Å². The SMILES string of the molecule is C=CCc1cnc(NC2CCN(CC3CC3)CC2)c(Cl)c1. The molecule has 1 N–H and O–H groups in total. The number of hydrogen-bond donors (Lipinski definition) is 1. The number of allylic oxidation sites excluding steroid dienone is 1. The maximum absolute atomic E-state index is 6.32. The van der Waals surface area contributed by atoms with E-state index in [0.717, 1.165) is 28.7 Å². The van der Waals surface area contributed by atoms with E-state index in [9.17, 15) is 0 Å². The van der Waals surface area contributed by atoms with Crippen LogP contribution in [-0.2, 0) is 6.42 Å². The Balaban J connectivity index is 1.51. The Morgan fingerprint density at radius 1 is 1.33 bits per heavy atom. The lowest BCUT2D eigenvalue weighted by molar-refractivity contribution is 0.211. The van der Waals surface area contributed by atoms with E-state index in [4.69, 9.17) is 11.6 Å². The van der Waals surface area contributed by atoms with Crippen molar-refractivity contribution < 1.29 is 0 Å². The normalized spacial score (nSPS) is 20.4. The van der Waals surface area contributed by atoms with Crippen LogP contribution in [0.3, 0.4) is 0 Å². The second-order valence-electron chi connectivity index (χ2n) is 6.33. The minimum Gasteiger partial charge on any atom is -0.366 e. The van der Waals surface area contributed by atoms with Gasteiger partial charge in [-0.3, -0.25) is 0 Å². The molecule has 0 atom stereocenters. The lowest BCUT2D eigenvalue weighted by atomic mass is 10.0. The van der Waals surface area contributed by atoms with Gasteiger partial charge in [0.25, 0.3) is 0 Å². The van der Waals surface area contributed by atoms with Gasteiger partial charge in [-0.05, 0) is 49.7 Å². The van der Waals surface area contributed by atoms with Crippen molar-refractivity contribution in [3.63, 3.8) is 0 Å². The summed E-state index contributed by atoms with van der Waals surface area (Å²) in [6, 6.07) is 2.48. The molecule has 3 rings (SSSR count). The van der Waals surface area contributed by atoms with Crippen molar-refractivity contribution in [2.24, 2.45) is 5.92 Å². The molecular weight excluding hydrogens is 282 g/mol. The largest absolute Gasteiger partial charge is 0.366 e. The number of hydrogen-bond acceptors (Lipinski definition) is 3. The average molecular weight is 306 g/mol. The van der Waals surface area contributed by atoms with Gasteiger partial charge in [-0.25, -0.2) is 4.98 Å². The first kappa shape index (κ1) is 14.9. The molecule has 1 saturated heterocycles. The van der Waals surface area contributed by atoms with Gasteiger partial charge >= 0.3 is 0 Å². The molecule has 0 radical (unpaired) electrons. The molecule has 1 aliphatic heterocycles. The number of likely N-dealkylation sites (tertiary alicyclic amines) is 1. The van der Waals surface area contributed by atoms with Crippen LogP contribution in [0.5, 0.6) is 0 Å². The van der Waals surface area contributed by atoms with Gasteiger partial charge in [-0.1, -0.05) is 17.7 Å². The third kappa shape index (κ3) is 4.21. The zero-order valence-electron chi connectivity index (χ0n) is 12.5. The van der Waals surface area contributed by atoms with Crippen LogP contribution in [0.15, 0.2) is 24.9 Å². The molecule has 2 aliphatic rings. The highest BCUT2D eigenvalue weighted by atomic mass is 35.5. The number of aromatic nitrogens is 1. The predicted octanol–water partition coefficient (Wildman–Crippen LogP) is 3.75. The maximum Gasteiger partial charge on any atom is 0.144 e. The van der Waals surface area contributed by atoms with E-state index in [1.165, 1.54) is 45.3 Å². The van der Waals surface area contributed by atoms with Crippen molar-refractivity contribution >= 4 is 17.4 Å². The minimum atomic E-state index is 0.496. The maximum atomic E-state index is 6.32. The first-order valence-electron chi connectivity index (χ1n) is 7.99. The highest BCUT2D eigenvalue weighted by Gasteiger charge is 2.27. The van der Waals surface area contributed by atoms with Crippen LogP contribution in [0, 0.1) is 5.92 Å². The molecule has 3 nitrogen and oxygen atoms in total. The average Bonchev–Trinajstić information content (AvgIpc) is 3.28. The summed E-state index contributed by atoms with van der Waals surface area (Å²) < 4.78 is 0. The summed E-state index contributed by atoms with van der Waals surface area (Å²) in [4.78, 5) is 7.07. The Kier molecular flexibility index (Phi) is 4.81. The van der Waals surface area contributed by atoms with E-state index in [2.05, 4.69) is 21.8 Å². The van der Waals surface area contributed by atoms with Crippen LogP contribution < -0.4 is 5.32 Å². The van der Waals surface area contributed by atoms with E-state index in [1.807, 2.05) is 18.3 Å². The Morgan fingerprint density at radius 2 is 2.10 bits per heavy atom. The number of piperidine rings is 1. The van der Waals surface area contributed by atoms with Crippen molar-refractivity contribution in [3.05, 3.63) is 35.5 Å². The third-order valence-corrected chi connectivity index (χ3v) is 4.71. The van der Waals surface area contributed by atoms with Gasteiger partial charge in [0.1, 0.15) is 5.82 Å². The molecule has 2 fully saturated rings. The zero-order valence-corrected chi connectivity index (χ0v) is 13.3. The molecule has 0 aromatic carbocycles. The highest BCUT2D eigenvalue weighted by molar-refractivity contribution is 6.32. The van der Waals surface area contributed by atoms with Gasteiger partial charge < -0.3 is 10.2 Å². The topological polar surface area (TPSA) is 28.2 Å². The van der Waals surface area contributed by atoms with Crippen molar-refractivity contribution in [1.29, 1.82) is 0 Å². The molecular formula is C17H24ClN3. The first-order valence-corrected chi connectivity index (χ1v) is 8.36. The molecule has 0 unspecified atom stereocenters. The number of rotatable bonds is 6. The summed E-state index contributed by atoms with van der Waals surface area (Å²) in [7, 11) is 0. The summed E-state index contributed by atoms with van der Waals surface area (Å²) in [5, 5.41) is 4.23. The van der Waals surface area contributed by atoms with E-state index < -0.39 is 0 Å². The third-order valence-electron chi connectivity index (χ3n) is 4.42. The second-order valence-corrected chi connectivity index (χ2v) is 6.74. The molecule has 1 saturated carbocycles. The molecule has 21 heavy (non-hydrogen) atoms. The summed E-state index contributed by atoms with van der Waals surface area (Å²) in [6.07, 6.45) is 9.81. The van der Waals surface area contributed by atoms with Crippen molar-refractivity contribution in [2.75, 3.05) is 25.0 Å². The number of pyridine rings is 1. The minimum absolute atomic E-state index is 0.496. The Hall–Kier alpha value is -1.06. The smallest absolute Gasteiger partial charge is 0.144 e. The van der Waals surface area contributed by atoms with Gasteiger partial charge in [0.05, 0.1) is 5.02 Å². The van der Waals surface area contributed by atoms with E-state index >= 15 is 0 Å². The number of nitrogens with one attached hydrogen (secondary N) is 1. The lowest BCUT2D eigenvalue weighted by Crippen LogP contribution is -2.40. The van der Waals surface area contributed by atoms with E-state index in [1.54, 1.807) is 0 Å². The molecule has 1 aromatic rings. The van der Waals surface area contributed by atoms with Gasteiger partial charge in [-0.2, -0.15) is 0 Å². The van der Waals surface area contributed by atoms with Crippen LogP contribution in [0.25, 0.3) is 0 Å². The zero-order chi connectivity index (χ0) is 14.7. The summed E-state index contributed by atoms with van der Waals surface area (Å²) >= 11 is 6.32. The van der Waals surface area contributed by atoms with Crippen LogP contribution in [-0.4, -0.2) is 35.6 Å². The quantitative estimate of drug-likeness (QED) is 0.811. The molecule has 1 aliphatic carbocycles. The van der Waals surface area contributed by atoms with Gasteiger partial charge in [0, 0.05) is 31.9 Å². The summed E-state index contributed by atoms with van der Waals surface area (Å²) in [6.45, 7) is 7.44. The van der Waals surface area contributed by atoms with Crippen molar-refractivity contribution in [3.8, 4) is 0 Å². The second kappa shape index (κ2) is 6.80. The molecule has 0 spiro atoms. The molecule has 0 bridgehead atoms. The Morgan fingerprint density at radius 3 is 2.71 bits per heavy atom. The van der Waals surface area contributed by atoms with Crippen LogP contribution in [0.1, 0.15) is 31.2 Å². The fourth-order valence-corrected chi connectivity index (χ4v) is 3.22. The summed E-state index contributed by atoms with van der Waals surface area (Å²) in [5.74, 6) is 1.81. The molecule has 114 valence electrons. The number of nitrogens with zero attached hydrogens (tertiary/aromatic N) is 2. The van der Waals surface area contributed by atoms with E-state index in [-0.39, 0.29) is 0 Å². The monoisotopic (exact) mass is 305 g/mol. The van der Waals surface area contributed by atoms with Gasteiger partial charge in [-0.15, -0.1) is 6.58 Å². The van der Waals surface area contributed by atoms with Crippen molar-refractivity contribution in [1.82, 2.24) is 9.88 Å². The van der Waals surface area contributed by atoms with Crippen LogP contribution in [0.4, 0.5) is 5.82 Å². The highest BCUT2D eigenvalue weighted by Crippen LogP contribution is 2.31. The molecule has 2 heterocycles. The lowest BCUT2D eigenvalue weighted by Gasteiger charge is -2.32. The molecule has 1 aromatic heterocycles. The molecule has 0 amide bonds. The fourth-order valence-electron chi connectivity index (χ4n) is 2.98. The standard InChI is InChI=1S/C17H24ClN3/c1-2-3-14-10-16(18)17(19-11-14)20-15-6-8-21(9-7-15)12-13-4-5-13/h2,10-11,13,15H,1,3-9,12H2,(H,19,20). The van der Waals surface area contributed by atoms with Gasteiger partial charge in [0.15, 0.2) is 0 Å². The summed E-state index contributed by atoms with van der Waals surface area (Å²) in [5.41, 5.74) is 1.11. The van der Waals surface area contributed by atoms with E-state index in [0.29, 0.717) is 6.04 Å². The first-order chi connectivity index (χ1) is 10.2. The Bertz CT molecular complexity index is 491. The number of halogens is 1. The van der Waals surface area contributed by atoms with Crippen LogP contribution in [0.2, 0.25) is 5.02 Å².